The van der Waals surface area contributed by atoms with Crippen LogP contribution < -0.4 is 5.32 Å². The maximum Gasteiger partial charge on any atom is 0.305 e. The number of esters is 1. The van der Waals surface area contributed by atoms with E-state index in [1.54, 1.807) is 6.08 Å². The molecule has 11 nitrogen and oxygen atoms in total. The van der Waals surface area contributed by atoms with E-state index in [0.717, 1.165) is 77.0 Å². The number of carbonyl (C=O) groups is 2. The Hall–Kier alpha value is -2.64. The molecule has 0 aliphatic carbocycles. The number of ether oxygens (including phenoxy) is 3. The minimum Gasteiger partial charge on any atom is -0.466 e. The highest BCUT2D eigenvalue weighted by molar-refractivity contribution is 5.76. The molecule has 454 valence electrons. The normalized spacial score (nSPS) is 18.9. The van der Waals surface area contributed by atoms with Gasteiger partial charge < -0.3 is 45.1 Å². The second kappa shape index (κ2) is 56.2. The number of hydrogen-bond acceptors (Lipinski definition) is 10. The summed E-state index contributed by atoms with van der Waals surface area (Å²) in [5, 5.41) is 54.4. The first-order valence-electron chi connectivity index (χ1n) is 32.6. The topological polar surface area (TPSA) is 175 Å². The van der Waals surface area contributed by atoms with E-state index in [4.69, 9.17) is 14.2 Å². The van der Waals surface area contributed by atoms with Crippen molar-refractivity contribution in [3.63, 3.8) is 0 Å². The third kappa shape index (κ3) is 45.0. The predicted molar refractivity (Wildman–Crippen MR) is 324 cm³/mol. The van der Waals surface area contributed by atoms with Crippen LogP contribution in [0.2, 0.25) is 0 Å². The van der Waals surface area contributed by atoms with Crippen LogP contribution in [0, 0.1) is 0 Å². The van der Waals surface area contributed by atoms with Crippen LogP contribution >= 0.6 is 0 Å². The van der Waals surface area contributed by atoms with Crippen LogP contribution in [0.3, 0.4) is 0 Å². The van der Waals surface area contributed by atoms with Crippen LogP contribution in [-0.2, 0) is 23.8 Å². The molecule has 78 heavy (non-hydrogen) atoms. The average Bonchev–Trinajstić information content (AvgIpc) is 3.44. The van der Waals surface area contributed by atoms with Crippen molar-refractivity contribution >= 4 is 11.9 Å². The molecule has 0 aromatic heterocycles. The van der Waals surface area contributed by atoms with E-state index in [0.29, 0.717) is 19.4 Å². The van der Waals surface area contributed by atoms with Crippen molar-refractivity contribution in [2.75, 3.05) is 19.8 Å². The first-order valence-corrected chi connectivity index (χ1v) is 32.6. The van der Waals surface area contributed by atoms with Gasteiger partial charge in [-0.1, -0.05) is 235 Å². The van der Waals surface area contributed by atoms with Crippen LogP contribution in [0.25, 0.3) is 0 Å². The molecule has 1 saturated heterocycles. The number of carbonyl (C=O) groups excluding carboxylic acids is 2. The summed E-state index contributed by atoms with van der Waals surface area (Å²) in [6.45, 7) is 4.26. The maximum atomic E-state index is 13.0. The first kappa shape index (κ1) is 73.4. The fourth-order valence-electron chi connectivity index (χ4n) is 9.85. The molecule has 1 heterocycles. The van der Waals surface area contributed by atoms with Gasteiger partial charge in [0.1, 0.15) is 24.4 Å². The van der Waals surface area contributed by atoms with E-state index in [-0.39, 0.29) is 18.5 Å². The largest absolute Gasteiger partial charge is 0.466 e. The van der Waals surface area contributed by atoms with Gasteiger partial charge in [-0.15, -0.1) is 0 Å². The Balaban J connectivity index is 2.04. The zero-order valence-electron chi connectivity index (χ0n) is 50.1. The standard InChI is InChI=1S/C67H121NO10/c1-3-5-7-9-11-13-15-30-34-37-41-45-49-53-60(70)59(58-77-67-66(75)65(74)64(73)61(57-69)78-67)68-62(71)54-50-46-42-38-35-31-28-26-24-22-20-18-16-17-19-21-23-25-27-29-32-36-40-44-48-52-56-76-63(72)55-51-47-43-39-33-14-12-10-8-6-4-2/h10-13,16,18,34,37,49,53,59-61,64-67,69-70,73-75H,3-9,14-15,17,19-33,35-36,38-48,50-52,54-58H2,1-2H3,(H,68,71)/b12-10-,13-11+,18-16-,37-34+,53-49+. The molecule has 0 bridgehead atoms. The summed E-state index contributed by atoms with van der Waals surface area (Å²) in [6.07, 6.45) is 63.3. The van der Waals surface area contributed by atoms with Crippen molar-refractivity contribution in [3.05, 3.63) is 60.8 Å². The van der Waals surface area contributed by atoms with Crippen LogP contribution in [0.15, 0.2) is 60.8 Å². The highest BCUT2D eigenvalue weighted by Gasteiger charge is 2.44. The van der Waals surface area contributed by atoms with Crippen LogP contribution in [0.5, 0.6) is 0 Å². The van der Waals surface area contributed by atoms with Crippen molar-refractivity contribution < 1.29 is 49.3 Å². The lowest BCUT2D eigenvalue weighted by atomic mass is 9.99. The van der Waals surface area contributed by atoms with Gasteiger partial charge in [0, 0.05) is 12.8 Å². The van der Waals surface area contributed by atoms with Gasteiger partial charge >= 0.3 is 5.97 Å². The minimum absolute atomic E-state index is 0.00798. The fraction of sp³-hybridized carbons (Fsp3) is 0.821. The Labute approximate surface area is 478 Å². The Kier molecular flexibility index (Phi) is 52.9. The van der Waals surface area contributed by atoms with Crippen molar-refractivity contribution in [2.45, 2.75) is 333 Å². The number of rotatable bonds is 56. The molecular formula is C67H121NO10. The summed E-state index contributed by atoms with van der Waals surface area (Å²) < 4.78 is 16.7. The summed E-state index contributed by atoms with van der Waals surface area (Å²) in [5.74, 6) is -0.207. The molecule has 0 radical (unpaired) electrons. The monoisotopic (exact) mass is 1100 g/mol. The minimum atomic E-state index is -1.58. The Morgan fingerprint density at radius 1 is 0.462 bits per heavy atom. The predicted octanol–water partition coefficient (Wildman–Crippen LogP) is 15.8. The Morgan fingerprint density at radius 3 is 1.31 bits per heavy atom. The lowest BCUT2D eigenvalue weighted by Gasteiger charge is -2.40. The van der Waals surface area contributed by atoms with E-state index >= 15 is 0 Å². The van der Waals surface area contributed by atoms with Crippen LogP contribution in [0.1, 0.15) is 290 Å². The summed E-state index contributed by atoms with van der Waals surface area (Å²) in [4.78, 5) is 25.1. The van der Waals surface area contributed by atoms with Gasteiger partial charge in [-0.05, 0) is 103 Å². The molecule has 0 spiro atoms. The lowest BCUT2D eigenvalue weighted by molar-refractivity contribution is -0.302. The molecule has 0 saturated carbocycles. The number of aliphatic hydroxyl groups is 5. The molecule has 1 rings (SSSR count). The molecule has 1 fully saturated rings. The zero-order valence-corrected chi connectivity index (χ0v) is 50.1. The van der Waals surface area contributed by atoms with Gasteiger partial charge in [0.15, 0.2) is 6.29 Å². The average molecular weight is 1100 g/mol. The molecule has 1 aliphatic rings. The summed E-state index contributed by atoms with van der Waals surface area (Å²) >= 11 is 0. The van der Waals surface area contributed by atoms with Crippen molar-refractivity contribution in [2.24, 2.45) is 0 Å². The first-order chi connectivity index (χ1) is 38.2. The van der Waals surface area contributed by atoms with Crippen LogP contribution in [0.4, 0.5) is 0 Å². The molecule has 0 aromatic carbocycles. The van der Waals surface area contributed by atoms with E-state index in [1.165, 1.54) is 186 Å². The van der Waals surface area contributed by atoms with Gasteiger partial charge in [0.25, 0.3) is 0 Å². The third-order valence-electron chi connectivity index (χ3n) is 15.1. The third-order valence-corrected chi connectivity index (χ3v) is 15.1. The lowest BCUT2D eigenvalue weighted by Crippen LogP contribution is -2.60. The number of allylic oxidation sites excluding steroid dienone is 9. The van der Waals surface area contributed by atoms with Crippen molar-refractivity contribution in [3.8, 4) is 0 Å². The molecule has 6 N–H and O–H groups in total. The second-order valence-corrected chi connectivity index (χ2v) is 22.4. The number of unbranched alkanes of at least 4 members (excludes halogenated alkanes) is 34. The van der Waals surface area contributed by atoms with Gasteiger partial charge in [0.2, 0.25) is 5.91 Å². The molecule has 7 atom stereocenters. The van der Waals surface area contributed by atoms with Gasteiger partial charge in [-0.25, -0.2) is 0 Å². The summed E-state index contributed by atoms with van der Waals surface area (Å²) in [7, 11) is 0. The maximum absolute atomic E-state index is 13.0. The molecule has 1 amide bonds. The molecule has 11 heteroatoms. The highest BCUT2D eigenvalue weighted by atomic mass is 16.7. The summed E-state index contributed by atoms with van der Waals surface area (Å²) in [6, 6.07) is -0.837. The van der Waals surface area contributed by atoms with E-state index in [1.807, 2.05) is 6.08 Å². The van der Waals surface area contributed by atoms with E-state index < -0.39 is 49.5 Å². The zero-order chi connectivity index (χ0) is 56.6. The van der Waals surface area contributed by atoms with E-state index in [9.17, 15) is 35.1 Å². The number of nitrogens with one attached hydrogen (secondary N) is 1. The van der Waals surface area contributed by atoms with Gasteiger partial charge in [-0.2, -0.15) is 0 Å². The fourth-order valence-corrected chi connectivity index (χ4v) is 9.85. The van der Waals surface area contributed by atoms with Crippen LogP contribution in [-0.4, -0.2) is 100 Å². The van der Waals surface area contributed by atoms with Gasteiger partial charge in [0.05, 0.1) is 32.0 Å². The van der Waals surface area contributed by atoms with Gasteiger partial charge in [-0.3, -0.25) is 9.59 Å². The second-order valence-electron chi connectivity index (χ2n) is 22.4. The SMILES string of the molecule is CCCC/C=C\CCCCCCCC(=O)OCCCCCCCCCCCCCC/C=C\CCCCCCCCCCCCC(=O)NC(COC1OC(CO)C(O)C(O)C1O)C(O)/C=C/CC/C=C/CC/C=C/CCCCC. The van der Waals surface area contributed by atoms with E-state index in [2.05, 4.69) is 67.8 Å². The smallest absolute Gasteiger partial charge is 0.305 e. The number of amides is 1. The number of hydrogen-bond donors (Lipinski definition) is 6. The summed E-state index contributed by atoms with van der Waals surface area (Å²) in [5.41, 5.74) is 0. The highest BCUT2D eigenvalue weighted by Crippen LogP contribution is 2.23. The Morgan fingerprint density at radius 2 is 0.846 bits per heavy atom. The van der Waals surface area contributed by atoms with Crippen molar-refractivity contribution in [1.29, 1.82) is 0 Å². The molecule has 1 aliphatic heterocycles. The quantitative estimate of drug-likeness (QED) is 0.0195. The molecule has 0 aromatic rings. The molecule has 7 unspecified atom stereocenters. The number of aliphatic hydroxyl groups excluding tert-OH is 5. The Bertz CT molecular complexity index is 1480. The van der Waals surface area contributed by atoms with Crippen molar-refractivity contribution in [1.82, 2.24) is 5.32 Å². The molecular weight excluding hydrogens is 979 g/mol.